The van der Waals surface area contributed by atoms with Crippen LogP contribution in [-0.4, -0.2) is 34.5 Å². The van der Waals surface area contributed by atoms with Crippen molar-refractivity contribution in [3.8, 4) is 0 Å². The molecule has 1 aliphatic heterocycles. The Bertz CT molecular complexity index is 747. The van der Waals surface area contributed by atoms with Crippen LogP contribution in [0.4, 0.5) is 0 Å². The number of aliphatic hydroxyl groups is 1. The van der Waals surface area contributed by atoms with E-state index in [1.165, 1.54) is 38.5 Å². The van der Waals surface area contributed by atoms with Crippen LogP contribution in [0.3, 0.4) is 0 Å². The Kier molecular flexibility index (Phi) is 3.69. The molecule has 4 nitrogen and oxygen atoms in total. The van der Waals surface area contributed by atoms with E-state index in [4.69, 9.17) is 4.74 Å². The minimum absolute atomic E-state index is 0.0505. The molecule has 0 aromatic heterocycles. The number of carboxylic acids is 1. The molecule has 0 aromatic rings. The smallest absolute Gasteiger partial charge is 0.332 e. The monoisotopic (exact) mass is 402 g/mol. The van der Waals surface area contributed by atoms with Crippen molar-refractivity contribution in [2.75, 3.05) is 0 Å². The van der Waals surface area contributed by atoms with Crippen LogP contribution < -0.4 is 0 Å². The zero-order valence-electron chi connectivity index (χ0n) is 18.3. The summed E-state index contributed by atoms with van der Waals surface area (Å²) in [7, 11) is 0. The maximum absolute atomic E-state index is 11.5. The van der Waals surface area contributed by atoms with Crippen molar-refractivity contribution < 1.29 is 19.7 Å². The first-order chi connectivity index (χ1) is 13.7. The minimum atomic E-state index is -0.774. The van der Waals surface area contributed by atoms with Crippen molar-refractivity contribution >= 4 is 5.97 Å². The predicted molar refractivity (Wildman–Crippen MR) is 109 cm³/mol. The van der Waals surface area contributed by atoms with Crippen LogP contribution in [0.15, 0.2) is 0 Å². The Morgan fingerprint density at radius 3 is 2.41 bits per heavy atom. The van der Waals surface area contributed by atoms with E-state index < -0.39 is 12.1 Å². The standard InChI is InChI=1S/C25H38O4/c1-22(2)19-7-5-14-16-12-18-15(4-6-17(29-18)21(27)28)23(16,3)10-11-24(14)13-25(19,24)9-8-20(22)26/h14-20,26H,4-13H2,1-3H3,(H,27,28)/t14?,15?,16?,17?,18?,19?,20-,23?,24-,25+/m0/s1. The number of aliphatic hydroxyl groups excluding tert-OH is 1. The number of hydrogen-bond donors (Lipinski definition) is 2. The summed E-state index contributed by atoms with van der Waals surface area (Å²) in [5.41, 5.74) is 1.38. The molecule has 5 saturated carbocycles. The number of aliphatic carboxylic acids is 1. The molecule has 2 N–H and O–H groups in total. The number of fused-ring (bicyclic) bond motifs is 4. The summed E-state index contributed by atoms with van der Waals surface area (Å²) in [6, 6.07) is 0. The lowest BCUT2D eigenvalue weighted by Crippen LogP contribution is -2.54. The van der Waals surface area contributed by atoms with Crippen molar-refractivity contribution in [1.82, 2.24) is 0 Å². The Balaban J connectivity index is 1.31. The van der Waals surface area contributed by atoms with Crippen LogP contribution in [0.25, 0.3) is 0 Å². The predicted octanol–water partition coefficient (Wildman–Crippen LogP) is 4.64. The fraction of sp³-hybridized carbons (Fsp3) is 0.960. The maximum atomic E-state index is 11.5. The van der Waals surface area contributed by atoms with Crippen LogP contribution in [0.5, 0.6) is 0 Å². The highest BCUT2D eigenvalue weighted by atomic mass is 16.5. The van der Waals surface area contributed by atoms with Gasteiger partial charge in [0.2, 0.25) is 0 Å². The van der Waals surface area contributed by atoms with Crippen LogP contribution in [0, 0.1) is 45.3 Å². The van der Waals surface area contributed by atoms with Gasteiger partial charge in [-0.1, -0.05) is 20.8 Å². The van der Waals surface area contributed by atoms with Crippen molar-refractivity contribution in [3.05, 3.63) is 0 Å². The van der Waals surface area contributed by atoms with Crippen molar-refractivity contribution in [1.29, 1.82) is 0 Å². The molecule has 5 aliphatic carbocycles. The molecule has 7 unspecified atom stereocenters. The molecule has 6 rings (SSSR count). The van der Waals surface area contributed by atoms with Gasteiger partial charge < -0.3 is 14.9 Å². The van der Waals surface area contributed by atoms with Crippen LogP contribution >= 0.6 is 0 Å². The van der Waals surface area contributed by atoms with E-state index in [-0.39, 0.29) is 17.6 Å². The van der Waals surface area contributed by atoms with E-state index in [9.17, 15) is 15.0 Å². The second-order valence-electron chi connectivity index (χ2n) is 12.6. The summed E-state index contributed by atoms with van der Waals surface area (Å²) in [6.07, 6.45) is 11.1. The summed E-state index contributed by atoms with van der Waals surface area (Å²) >= 11 is 0. The topological polar surface area (TPSA) is 66.8 Å². The zero-order chi connectivity index (χ0) is 20.4. The minimum Gasteiger partial charge on any atom is -0.479 e. The molecule has 0 aromatic carbocycles. The highest BCUT2D eigenvalue weighted by molar-refractivity contribution is 5.72. The SMILES string of the molecule is CC12CC[C@@]34C[C@@]35CC[C@H](O)C(C)(C)C5CCC4C1CC1OC(C(=O)O)CCC12. The lowest BCUT2D eigenvalue weighted by Gasteiger charge is -2.59. The molecule has 4 heteroatoms. The summed E-state index contributed by atoms with van der Waals surface area (Å²) < 4.78 is 6.17. The molecule has 2 spiro atoms. The molecule has 1 heterocycles. The van der Waals surface area contributed by atoms with Gasteiger partial charge in [0, 0.05) is 0 Å². The summed E-state index contributed by atoms with van der Waals surface area (Å²) in [4.78, 5) is 11.5. The molecule has 0 amide bonds. The Labute approximate surface area is 174 Å². The molecule has 10 atom stereocenters. The molecule has 6 fully saturated rings. The second kappa shape index (κ2) is 5.59. The summed E-state index contributed by atoms with van der Waals surface area (Å²) in [6.45, 7) is 7.18. The Morgan fingerprint density at radius 1 is 0.897 bits per heavy atom. The molecule has 0 radical (unpaired) electrons. The fourth-order valence-corrected chi connectivity index (χ4v) is 10.4. The van der Waals surface area contributed by atoms with Gasteiger partial charge in [-0.2, -0.15) is 0 Å². The third kappa shape index (κ3) is 2.11. The molecular weight excluding hydrogens is 364 g/mol. The number of ether oxygens (including phenoxy) is 1. The van der Waals surface area contributed by atoms with Gasteiger partial charge in [0.25, 0.3) is 0 Å². The van der Waals surface area contributed by atoms with Crippen LogP contribution in [0.2, 0.25) is 0 Å². The van der Waals surface area contributed by atoms with E-state index in [0.717, 1.165) is 25.2 Å². The highest BCUT2D eigenvalue weighted by Crippen LogP contribution is 2.87. The largest absolute Gasteiger partial charge is 0.479 e. The van der Waals surface area contributed by atoms with E-state index in [2.05, 4.69) is 20.8 Å². The Morgan fingerprint density at radius 2 is 1.66 bits per heavy atom. The fourth-order valence-electron chi connectivity index (χ4n) is 10.4. The molecule has 162 valence electrons. The molecule has 0 bridgehead atoms. The summed E-state index contributed by atoms with van der Waals surface area (Å²) in [5, 5.41) is 20.2. The Hall–Kier alpha value is -0.610. The van der Waals surface area contributed by atoms with E-state index in [0.29, 0.717) is 40.4 Å². The molecule has 29 heavy (non-hydrogen) atoms. The molecule has 6 aliphatic rings. The van der Waals surface area contributed by atoms with Gasteiger partial charge in [-0.05, 0) is 110 Å². The van der Waals surface area contributed by atoms with E-state index >= 15 is 0 Å². The van der Waals surface area contributed by atoms with Crippen LogP contribution in [-0.2, 0) is 9.53 Å². The number of rotatable bonds is 1. The maximum Gasteiger partial charge on any atom is 0.332 e. The molecular formula is C25H38O4. The second-order valence-corrected chi connectivity index (χ2v) is 12.6. The quantitative estimate of drug-likeness (QED) is 0.671. The van der Waals surface area contributed by atoms with E-state index in [1.807, 2.05) is 0 Å². The van der Waals surface area contributed by atoms with Crippen molar-refractivity contribution in [3.63, 3.8) is 0 Å². The normalized spacial score (nSPS) is 59.5. The number of hydrogen-bond acceptors (Lipinski definition) is 3. The van der Waals surface area contributed by atoms with Gasteiger partial charge in [0.15, 0.2) is 6.10 Å². The van der Waals surface area contributed by atoms with Gasteiger partial charge in [0.05, 0.1) is 12.2 Å². The van der Waals surface area contributed by atoms with Gasteiger partial charge in [-0.25, -0.2) is 4.79 Å². The first kappa shape index (κ1) is 19.1. The van der Waals surface area contributed by atoms with Crippen LogP contribution in [0.1, 0.15) is 85.0 Å². The highest BCUT2D eigenvalue weighted by Gasteiger charge is 2.80. The third-order valence-electron chi connectivity index (χ3n) is 11.8. The van der Waals surface area contributed by atoms with E-state index in [1.54, 1.807) is 0 Å². The first-order valence-electron chi connectivity index (χ1n) is 12.2. The summed E-state index contributed by atoms with van der Waals surface area (Å²) in [5.74, 6) is 1.95. The molecule has 1 saturated heterocycles. The van der Waals surface area contributed by atoms with Gasteiger partial charge >= 0.3 is 5.97 Å². The zero-order valence-corrected chi connectivity index (χ0v) is 18.3. The number of carboxylic acid groups (broad SMARTS) is 1. The number of carbonyl (C=O) groups is 1. The lowest BCUT2D eigenvalue weighted by atomic mass is 9.46. The van der Waals surface area contributed by atoms with Gasteiger partial charge in [-0.3, -0.25) is 0 Å². The first-order valence-corrected chi connectivity index (χ1v) is 12.2. The average molecular weight is 403 g/mol. The van der Waals surface area contributed by atoms with Gasteiger partial charge in [0.1, 0.15) is 0 Å². The van der Waals surface area contributed by atoms with Gasteiger partial charge in [-0.15, -0.1) is 0 Å². The van der Waals surface area contributed by atoms with Crippen molar-refractivity contribution in [2.45, 2.75) is 103 Å². The average Bonchev–Trinajstić information content (AvgIpc) is 3.25. The third-order valence-corrected chi connectivity index (χ3v) is 11.8. The van der Waals surface area contributed by atoms with Crippen molar-refractivity contribution in [2.24, 2.45) is 45.3 Å². The lowest BCUT2D eigenvalue weighted by molar-refractivity contribution is -0.165.